The molecule has 0 aliphatic rings. The summed E-state index contributed by atoms with van der Waals surface area (Å²) >= 11 is 0. The van der Waals surface area contributed by atoms with Crippen LogP contribution in [0.1, 0.15) is 11.1 Å². The van der Waals surface area contributed by atoms with E-state index in [2.05, 4.69) is 60.7 Å². The van der Waals surface area contributed by atoms with Crippen molar-refractivity contribution in [3.8, 4) is 0 Å². The Morgan fingerprint density at radius 3 is 2.27 bits per heavy atom. The van der Waals surface area contributed by atoms with E-state index >= 15 is 0 Å². The molecule has 0 saturated heterocycles. The summed E-state index contributed by atoms with van der Waals surface area (Å²) in [6, 6.07) is 18.8. The van der Waals surface area contributed by atoms with Crippen molar-refractivity contribution >= 4 is 6.08 Å². The zero-order valence-corrected chi connectivity index (χ0v) is 9.06. The summed E-state index contributed by atoms with van der Waals surface area (Å²) in [6.07, 6.45) is 5.37. The number of hydrogen-bond donors (Lipinski definition) is 0. The van der Waals surface area contributed by atoms with E-state index < -0.39 is 0 Å². The van der Waals surface area contributed by atoms with Crippen molar-refractivity contribution in [2.24, 2.45) is 0 Å². The third-order valence-electron chi connectivity index (χ3n) is 2.20. The van der Waals surface area contributed by atoms with Crippen molar-refractivity contribution in [2.45, 2.75) is 6.42 Å². The third-order valence-corrected chi connectivity index (χ3v) is 2.20. The SMILES string of the molecule is C(=Cc1ccccc1)C[c-]1cccc1.[Li+]. The van der Waals surface area contributed by atoms with Gasteiger partial charge in [0.25, 0.3) is 0 Å². The second-order valence-corrected chi connectivity index (χ2v) is 3.31. The van der Waals surface area contributed by atoms with Crippen LogP contribution >= 0.6 is 0 Å². The van der Waals surface area contributed by atoms with Gasteiger partial charge < -0.3 is 0 Å². The fraction of sp³-hybridized carbons (Fsp3) is 0.0714. The molecule has 0 nitrogen and oxygen atoms in total. The number of allylic oxidation sites excluding steroid dienone is 1. The van der Waals surface area contributed by atoms with Gasteiger partial charge in [-0.2, -0.15) is 17.7 Å². The Balaban J connectivity index is 0.00000112. The van der Waals surface area contributed by atoms with Gasteiger partial charge in [-0.15, -0.1) is 0 Å². The van der Waals surface area contributed by atoms with E-state index in [-0.39, 0.29) is 18.9 Å². The molecule has 0 unspecified atom stereocenters. The average Bonchev–Trinajstić information content (AvgIpc) is 2.72. The maximum absolute atomic E-state index is 2.20. The molecular weight excluding hydrogens is 175 g/mol. The number of hydrogen-bond acceptors (Lipinski definition) is 0. The van der Waals surface area contributed by atoms with Crippen LogP contribution in [0.15, 0.2) is 60.7 Å². The second kappa shape index (κ2) is 6.40. The van der Waals surface area contributed by atoms with Crippen molar-refractivity contribution in [3.63, 3.8) is 0 Å². The van der Waals surface area contributed by atoms with Gasteiger partial charge in [0.2, 0.25) is 0 Å². The minimum Gasteiger partial charge on any atom is -0.213 e. The Morgan fingerprint density at radius 2 is 1.60 bits per heavy atom. The molecule has 0 bridgehead atoms. The van der Waals surface area contributed by atoms with E-state index in [0.29, 0.717) is 0 Å². The summed E-state index contributed by atoms with van der Waals surface area (Å²) in [6.45, 7) is 0. The summed E-state index contributed by atoms with van der Waals surface area (Å²) in [5.74, 6) is 0. The van der Waals surface area contributed by atoms with Crippen molar-refractivity contribution < 1.29 is 18.9 Å². The molecule has 0 N–H and O–H groups in total. The first kappa shape index (κ1) is 12.0. The van der Waals surface area contributed by atoms with Gasteiger partial charge in [0, 0.05) is 0 Å². The molecule has 1 heteroatoms. The topological polar surface area (TPSA) is 0 Å². The van der Waals surface area contributed by atoms with Crippen LogP contribution in [-0.4, -0.2) is 0 Å². The third kappa shape index (κ3) is 3.87. The van der Waals surface area contributed by atoms with Crippen molar-refractivity contribution in [1.29, 1.82) is 0 Å². The first-order valence-corrected chi connectivity index (χ1v) is 4.87. The van der Waals surface area contributed by atoms with Gasteiger partial charge in [0.15, 0.2) is 0 Å². The molecular formula is C14H13Li. The molecule has 0 atom stereocenters. The molecule has 2 aromatic carbocycles. The Morgan fingerprint density at radius 1 is 0.933 bits per heavy atom. The van der Waals surface area contributed by atoms with E-state index in [9.17, 15) is 0 Å². The molecule has 0 aromatic heterocycles. The summed E-state index contributed by atoms with van der Waals surface area (Å²) < 4.78 is 0. The molecule has 0 spiro atoms. The van der Waals surface area contributed by atoms with Crippen LogP contribution in [0.5, 0.6) is 0 Å². The first-order chi connectivity index (χ1) is 6.95. The van der Waals surface area contributed by atoms with E-state index in [4.69, 9.17) is 0 Å². The summed E-state index contributed by atoms with van der Waals surface area (Å²) in [7, 11) is 0. The molecule has 2 aromatic rings. The molecule has 0 saturated carbocycles. The molecule has 70 valence electrons. The van der Waals surface area contributed by atoms with Gasteiger partial charge in [-0.1, -0.05) is 48.9 Å². The van der Waals surface area contributed by atoms with Gasteiger partial charge in [-0.05, 0) is 5.56 Å². The van der Waals surface area contributed by atoms with Crippen molar-refractivity contribution in [3.05, 3.63) is 71.8 Å². The first-order valence-electron chi connectivity index (χ1n) is 4.87. The Hall–Kier alpha value is -1.09. The van der Waals surface area contributed by atoms with E-state index in [1.807, 2.05) is 6.07 Å². The fourth-order valence-electron chi connectivity index (χ4n) is 1.45. The maximum atomic E-state index is 2.20. The smallest absolute Gasteiger partial charge is 0.213 e. The predicted molar refractivity (Wildman–Crippen MR) is 61.2 cm³/mol. The van der Waals surface area contributed by atoms with Crippen LogP contribution in [0.3, 0.4) is 0 Å². The zero-order valence-electron chi connectivity index (χ0n) is 9.06. The van der Waals surface area contributed by atoms with Crippen molar-refractivity contribution in [2.75, 3.05) is 0 Å². The van der Waals surface area contributed by atoms with Crippen LogP contribution in [0.4, 0.5) is 0 Å². The second-order valence-electron chi connectivity index (χ2n) is 3.31. The Bertz CT molecular complexity index is 385. The van der Waals surface area contributed by atoms with Crippen LogP contribution < -0.4 is 18.9 Å². The molecule has 0 aliphatic carbocycles. The number of benzene rings is 1. The van der Waals surface area contributed by atoms with E-state index in [0.717, 1.165) is 6.42 Å². The maximum Gasteiger partial charge on any atom is 1.00 e. The molecule has 15 heavy (non-hydrogen) atoms. The zero-order chi connectivity index (χ0) is 9.64. The standard InChI is InChI=1S/C14H13.Li/c1-2-7-13(8-3-1)11-6-12-14-9-4-5-10-14;/h1-11H,12H2;/q-1;+1. The largest absolute Gasteiger partial charge is 1.00 e. The normalized spacial score (nSPS) is 10.1. The van der Waals surface area contributed by atoms with Gasteiger partial charge >= 0.3 is 18.9 Å². The Kier molecular flexibility index (Phi) is 5.11. The minimum atomic E-state index is 0. The minimum absolute atomic E-state index is 0. The van der Waals surface area contributed by atoms with E-state index in [1.54, 1.807) is 0 Å². The molecule has 0 fully saturated rings. The van der Waals surface area contributed by atoms with Gasteiger partial charge in [-0.25, -0.2) is 12.1 Å². The summed E-state index contributed by atoms with van der Waals surface area (Å²) in [4.78, 5) is 0. The summed E-state index contributed by atoms with van der Waals surface area (Å²) in [5.41, 5.74) is 2.64. The average molecular weight is 188 g/mol. The molecule has 0 radical (unpaired) electrons. The van der Waals surface area contributed by atoms with Crippen LogP contribution in [0.2, 0.25) is 0 Å². The Labute approximate surface area is 103 Å². The quantitative estimate of drug-likeness (QED) is 0.490. The summed E-state index contributed by atoms with van der Waals surface area (Å²) in [5, 5.41) is 0. The fourth-order valence-corrected chi connectivity index (χ4v) is 1.45. The molecule has 2 rings (SSSR count). The van der Waals surface area contributed by atoms with Gasteiger partial charge in [-0.3, -0.25) is 0 Å². The van der Waals surface area contributed by atoms with Gasteiger partial charge in [0.05, 0.1) is 0 Å². The van der Waals surface area contributed by atoms with Crippen LogP contribution in [0.25, 0.3) is 6.08 Å². The monoisotopic (exact) mass is 188 g/mol. The van der Waals surface area contributed by atoms with Crippen LogP contribution in [0, 0.1) is 0 Å². The van der Waals surface area contributed by atoms with Crippen molar-refractivity contribution in [1.82, 2.24) is 0 Å². The molecule has 0 amide bonds. The number of rotatable bonds is 3. The van der Waals surface area contributed by atoms with Gasteiger partial charge in [0.1, 0.15) is 0 Å². The predicted octanol–water partition coefficient (Wildman–Crippen LogP) is 0.665. The van der Waals surface area contributed by atoms with Crippen LogP contribution in [-0.2, 0) is 6.42 Å². The molecule has 0 aliphatic heterocycles. The van der Waals surface area contributed by atoms with E-state index in [1.165, 1.54) is 11.1 Å². The molecule has 0 heterocycles.